The van der Waals surface area contributed by atoms with Crippen molar-refractivity contribution in [1.82, 2.24) is 20.9 Å². The van der Waals surface area contributed by atoms with Crippen molar-refractivity contribution in [2.75, 3.05) is 59.0 Å². The van der Waals surface area contributed by atoms with E-state index in [0.717, 1.165) is 13.1 Å². The molecule has 1 fully saturated rings. The molecule has 9 nitrogen and oxygen atoms in total. The summed E-state index contributed by atoms with van der Waals surface area (Å²) in [6.07, 6.45) is -0.445. The molecule has 1 atom stereocenters. The quantitative estimate of drug-likeness (QED) is 0.267. The number of aliphatic hydroxyl groups is 1. The second-order valence-electron chi connectivity index (χ2n) is 7.94. The number of nitrogens with one attached hydrogen (secondary N) is 3. The van der Waals surface area contributed by atoms with Crippen LogP contribution in [-0.2, 0) is 9.47 Å². The third-order valence-electron chi connectivity index (χ3n) is 3.68. The minimum atomic E-state index is -0.922. The molecule has 1 rings (SSSR count). The van der Waals surface area contributed by atoms with Crippen LogP contribution in [-0.4, -0.2) is 92.3 Å². The Labute approximate surface area is 162 Å². The summed E-state index contributed by atoms with van der Waals surface area (Å²) in [6, 6.07) is 0. The van der Waals surface area contributed by atoms with Gasteiger partial charge in [0.1, 0.15) is 5.60 Å². The van der Waals surface area contributed by atoms with E-state index in [2.05, 4.69) is 25.8 Å². The number of amides is 1. The van der Waals surface area contributed by atoms with Gasteiger partial charge in [0, 0.05) is 39.3 Å². The predicted octanol–water partition coefficient (Wildman–Crippen LogP) is 0.149. The molecule has 1 aliphatic rings. The smallest absolute Gasteiger partial charge is 0.407 e. The predicted molar refractivity (Wildman–Crippen MR) is 106 cm³/mol. The van der Waals surface area contributed by atoms with Crippen molar-refractivity contribution < 1.29 is 19.4 Å². The van der Waals surface area contributed by atoms with Crippen molar-refractivity contribution in [3.63, 3.8) is 0 Å². The summed E-state index contributed by atoms with van der Waals surface area (Å²) in [4.78, 5) is 18.3. The molecule has 0 aromatic rings. The van der Waals surface area contributed by atoms with Crippen molar-refractivity contribution in [2.24, 2.45) is 4.99 Å². The minimum absolute atomic E-state index is 0.277. The van der Waals surface area contributed by atoms with Gasteiger partial charge in [0.2, 0.25) is 0 Å². The molecule has 4 N–H and O–H groups in total. The minimum Gasteiger partial charge on any atom is -0.444 e. The van der Waals surface area contributed by atoms with Crippen molar-refractivity contribution in [2.45, 2.75) is 45.8 Å². The maximum Gasteiger partial charge on any atom is 0.407 e. The summed E-state index contributed by atoms with van der Waals surface area (Å²) in [5, 5.41) is 19.6. The maximum absolute atomic E-state index is 11.6. The van der Waals surface area contributed by atoms with Gasteiger partial charge in [-0.2, -0.15) is 0 Å². The Kier molecular flexibility index (Phi) is 9.82. The van der Waals surface area contributed by atoms with Gasteiger partial charge >= 0.3 is 6.09 Å². The summed E-state index contributed by atoms with van der Waals surface area (Å²) in [6.45, 7) is 14.7. The zero-order valence-electron chi connectivity index (χ0n) is 17.4. The van der Waals surface area contributed by atoms with E-state index < -0.39 is 17.3 Å². The highest BCUT2D eigenvalue weighted by molar-refractivity contribution is 5.79. The lowest BCUT2D eigenvalue weighted by Crippen LogP contribution is -2.48. The van der Waals surface area contributed by atoms with Crippen LogP contribution in [0.2, 0.25) is 0 Å². The molecule has 1 amide bonds. The lowest BCUT2D eigenvalue weighted by atomic mass is 10.1. The topological polar surface area (TPSA) is 107 Å². The van der Waals surface area contributed by atoms with Crippen molar-refractivity contribution >= 4 is 12.1 Å². The van der Waals surface area contributed by atoms with Gasteiger partial charge in [0.05, 0.1) is 25.4 Å². The first-order chi connectivity index (χ1) is 12.6. The van der Waals surface area contributed by atoms with Crippen LogP contribution in [0.3, 0.4) is 0 Å². The highest BCUT2D eigenvalue weighted by Gasteiger charge is 2.25. The molecule has 0 saturated carbocycles. The van der Waals surface area contributed by atoms with Crippen molar-refractivity contribution in [1.29, 1.82) is 0 Å². The molecule has 9 heteroatoms. The van der Waals surface area contributed by atoms with E-state index in [1.165, 1.54) is 0 Å². The maximum atomic E-state index is 11.6. The van der Waals surface area contributed by atoms with E-state index in [-0.39, 0.29) is 6.54 Å². The lowest BCUT2D eigenvalue weighted by Gasteiger charge is -2.33. The fourth-order valence-corrected chi connectivity index (χ4v) is 2.54. The van der Waals surface area contributed by atoms with E-state index >= 15 is 0 Å². The van der Waals surface area contributed by atoms with Crippen LogP contribution in [0.25, 0.3) is 0 Å². The lowest BCUT2D eigenvalue weighted by molar-refractivity contribution is -0.0180. The molecule has 1 saturated heterocycles. The first kappa shape index (κ1) is 23.5. The van der Waals surface area contributed by atoms with Crippen LogP contribution in [0.1, 0.15) is 34.6 Å². The molecule has 0 aromatic heterocycles. The van der Waals surface area contributed by atoms with E-state index in [9.17, 15) is 9.90 Å². The van der Waals surface area contributed by atoms with E-state index in [1.807, 2.05) is 27.7 Å². The largest absolute Gasteiger partial charge is 0.444 e. The van der Waals surface area contributed by atoms with Crippen LogP contribution in [0.5, 0.6) is 0 Å². The van der Waals surface area contributed by atoms with E-state index in [0.29, 0.717) is 45.4 Å². The summed E-state index contributed by atoms with van der Waals surface area (Å²) >= 11 is 0. The Morgan fingerprint density at radius 1 is 1.15 bits per heavy atom. The van der Waals surface area contributed by atoms with Gasteiger partial charge in [-0.3, -0.25) is 9.89 Å². The zero-order valence-corrected chi connectivity index (χ0v) is 17.4. The number of β-amino-alcohol motifs (C(OH)–C–C–N with tert-alkyl or cyclic N) is 1. The average molecular weight is 388 g/mol. The van der Waals surface area contributed by atoms with Gasteiger partial charge in [-0.25, -0.2) is 4.79 Å². The molecule has 0 aliphatic carbocycles. The van der Waals surface area contributed by atoms with Crippen LogP contribution in [0, 0.1) is 0 Å². The number of nitrogens with zero attached hydrogens (tertiary/aromatic N) is 2. The molecular weight excluding hydrogens is 350 g/mol. The summed E-state index contributed by atoms with van der Waals surface area (Å²) in [7, 11) is 0. The monoisotopic (exact) mass is 387 g/mol. The third kappa shape index (κ3) is 11.7. The van der Waals surface area contributed by atoms with Crippen LogP contribution < -0.4 is 16.0 Å². The highest BCUT2D eigenvalue weighted by atomic mass is 16.6. The molecule has 0 aromatic carbocycles. The fraction of sp³-hybridized carbons (Fsp3) is 0.889. The van der Waals surface area contributed by atoms with Crippen LogP contribution >= 0.6 is 0 Å². The number of hydrogen-bond donors (Lipinski definition) is 4. The number of alkyl carbamates (subject to hydrolysis) is 1. The van der Waals surface area contributed by atoms with Gasteiger partial charge in [-0.1, -0.05) is 0 Å². The number of hydrogen-bond acceptors (Lipinski definition) is 6. The second kappa shape index (κ2) is 11.3. The number of rotatable bonds is 8. The average Bonchev–Trinajstić information content (AvgIpc) is 2.55. The molecule has 1 unspecified atom stereocenters. The molecule has 158 valence electrons. The summed E-state index contributed by atoms with van der Waals surface area (Å²) in [5.41, 5.74) is -1.44. The van der Waals surface area contributed by atoms with E-state index in [1.54, 1.807) is 6.92 Å². The Morgan fingerprint density at radius 3 is 2.37 bits per heavy atom. The highest BCUT2D eigenvalue weighted by Crippen LogP contribution is 2.09. The molecule has 27 heavy (non-hydrogen) atoms. The van der Waals surface area contributed by atoms with Gasteiger partial charge in [0.15, 0.2) is 5.96 Å². The summed E-state index contributed by atoms with van der Waals surface area (Å²) in [5.74, 6) is 0.603. The van der Waals surface area contributed by atoms with Gasteiger partial charge < -0.3 is 30.5 Å². The first-order valence-electron chi connectivity index (χ1n) is 9.63. The van der Waals surface area contributed by atoms with Gasteiger partial charge in [-0.05, 0) is 34.6 Å². The van der Waals surface area contributed by atoms with E-state index in [4.69, 9.17) is 9.47 Å². The number of morpholine rings is 1. The number of aliphatic imine (C=N–C) groups is 1. The van der Waals surface area contributed by atoms with Crippen molar-refractivity contribution in [3.8, 4) is 0 Å². The second-order valence-corrected chi connectivity index (χ2v) is 7.94. The number of guanidine groups is 1. The Balaban J connectivity index is 2.38. The SMILES string of the molecule is CCNC(=NCC(C)(O)CN1CCOCC1)NCCNC(=O)OC(C)(C)C. The van der Waals surface area contributed by atoms with Gasteiger partial charge in [0.25, 0.3) is 0 Å². The van der Waals surface area contributed by atoms with Crippen LogP contribution in [0.4, 0.5) is 4.79 Å². The fourth-order valence-electron chi connectivity index (χ4n) is 2.54. The Morgan fingerprint density at radius 2 is 1.78 bits per heavy atom. The molecule has 0 bridgehead atoms. The zero-order chi connectivity index (χ0) is 20.3. The standard InChI is InChI=1S/C18H37N5O4/c1-6-19-15(20-7-8-21-16(24)27-17(2,3)4)22-13-18(5,25)14-23-9-11-26-12-10-23/h25H,6-14H2,1-5H3,(H,21,24)(H2,19,20,22). The Bertz CT molecular complexity index is 471. The third-order valence-corrected chi connectivity index (χ3v) is 3.68. The van der Waals surface area contributed by atoms with Crippen LogP contribution in [0.15, 0.2) is 4.99 Å². The summed E-state index contributed by atoms with van der Waals surface area (Å²) < 4.78 is 10.5. The molecule has 0 spiro atoms. The number of carbonyl (C=O) groups is 1. The van der Waals surface area contributed by atoms with Gasteiger partial charge in [-0.15, -0.1) is 0 Å². The van der Waals surface area contributed by atoms with Crippen molar-refractivity contribution in [3.05, 3.63) is 0 Å². The number of carbonyl (C=O) groups excluding carboxylic acids is 1. The molecular formula is C18H37N5O4. The molecule has 0 radical (unpaired) electrons. The number of ether oxygens (including phenoxy) is 2. The first-order valence-corrected chi connectivity index (χ1v) is 9.63. The normalized spacial score (nSPS) is 18.5. The Hall–Kier alpha value is -1.58. The molecule has 1 heterocycles. The molecule has 1 aliphatic heterocycles.